The fourth-order valence-corrected chi connectivity index (χ4v) is 3.95. The van der Waals surface area contributed by atoms with Gasteiger partial charge in [0, 0.05) is 76.2 Å². The van der Waals surface area contributed by atoms with Crippen molar-refractivity contribution >= 4 is 23.2 Å². The maximum atomic E-state index is 4.39. The van der Waals surface area contributed by atoms with Crippen molar-refractivity contribution in [3.8, 4) is 0 Å². The molecule has 0 unspecified atom stereocenters. The maximum Gasteiger partial charge on any atom is 0.225 e. The number of aryl methyl sites for hydroxylation is 1. The number of aliphatic imine (C=N–C) groups is 1. The first-order valence-corrected chi connectivity index (χ1v) is 10.7. The highest BCUT2D eigenvalue weighted by molar-refractivity contribution is 7.11. The minimum Gasteiger partial charge on any atom is -0.356 e. The molecule has 0 radical (unpaired) electrons. The van der Waals surface area contributed by atoms with Crippen LogP contribution in [-0.4, -0.2) is 78.7 Å². The van der Waals surface area contributed by atoms with E-state index in [4.69, 9.17) is 0 Å². The van der Waals surface area contributed by atoms with Crippen LogP contribution in [0, 0.1) is 6.92 Å². The average molecular weight is 403 g/mol. The van der Waals surface area contributed by atoms with Gasteiger partial charge in [-0.3, -0.25) is 9.89 Å². The van der Waals surface area contributed by atoms with Crippen LogP contribution < -0.4 is 15.5 Å². The fraction of sp³-hybridized carbons (Fsp3) is 0.579. The largest absolute Gasteiger partial charge is 0.356 e. The van der Waals surface area contributed by atoms with Crippen LogP contribution in [0.15, 0.2) is 29.6 Å². The summed E-state index contributed by atoms with van der Waals surface area (Å²) < 4.78 is 0. The summed E-state index contributed by atoms with van der Waals surface area (Å²) in [5.41, 5.74) is 0. The Labute approximate surface area is 171 Å². The van der Waals surface area contributed by atoms with Crippen LogP contribution in [-0.2, 0) is 6.42 Å². The normalized spacial score (nSPS) is 15.6. The van der Waals surface area contributed by atoms with Crippen LogP contribution in [0.3, 0.4) is 0 Å². The molecule has 2 N–H and O–H groups in total. The third-order valence-electron chi connectivity index (χ3n) is 4.67. The molecule has 0 bridgehead atoms. The van der Waals surface area contributed by atoms with Gasteiger partial charge in [0.05, 0.1) is 5.01 Å². The van der Waals surface area contributed by atoms with Crippen molar-refractivity contribution in [2.45, 2.75) is 19.8 Å². The van der Waals surface area contributed by atoms with Gasteiger partial charge in [-0.15, -0.1) is 11.3 Å². The van der Waals surface area contributed by atoms with Crippen LogP contribution in [0.1, 0.15) is 16.3 Å². The van der Waals surface area contributed by atoms with Gasteiger partial charge in [-0.05, 0) is 26.0 Å². The molecule has 0 spiro atoms. The monoisotopic (exact) mass is 402 g/mol. The minimum atomic E-state index is 0.839. The van der Waals surface area contributed by atoms with Gasteiger partial charge in [0.15, 0.2) is 5.96 Å². The Bertz CT molecular complexity index is 725. The Balaban J connectivity index is 1.26. The Kier molecular flexibility index (Phi) is 7.98. The van der Waals surface area contributed by atoms with Crippen LogP contribution in [0.5, 0.6) is 0 Å². The molecule has 8 nitrogen and oxygen atoms in total. The molecule has 3 heterocycles. The Hall–Kier alpha value is -2.26. The standard InChI is InChI=1S/C19H30N8S/c1-16-15-25-17(28-16)5-9-22-18(20-2)21-8-4-10-26-11-13-27(14-12-26)19-23-6-3-7-24-19/h3,6-7,15H,4-5,8-14H2,1-2H3,(H2,20,21,22). The summed E-state index contributed by atoms with van der Waals surface area (Å²) in [7, 11) is 1.81. The zero-order valence-electron chi connectivity index (χ0n) is 16.8. The molecule has 2 aromatic heterocycles. The van der Waals surface area contributed by atoms with Crippen LogP contribution >= 0.6 is 11.3 Å². The predicted molar refractivity (Wildman–Crippen MR) is 115 cm³/mol. The lowest BCUT2D eigenvalue weighted by Crippen LogP contribution is -2.47. The van der Waals surface area contributed by atoms with E-state index in [9.17, 15) is 0 Å². The summed E-state index contributed by atoms with van der Waals surface area (Å²) in [5.74, 6) is 1.70. The number of nitrogens with one attached hydrogen (secondary N) is 2. The zero-order chi connectivity index (χ0) is 19.6. The van der Waals surface area contributed by atoms with Crippen molar-refractivity contribution in [3.05, 3.63) is 34.5 Å². The molecule has 9 heteroatoms. The van der Waals surface area contributed by atoms with Gasteiger partial charge >= 0.3 is 0 Å². The molecular weight excluding hydrogens is 372 g/mol. The number of guanidine groups is 1. The van der Waals surface area contributed by atoms with Crippen molar-refractivity contribution in [3.63, 3.8) is 0 Å². The third kappa shape index (κ3) is 6.42. The zero-order valence-corrected chi connectivity index (χ0v) is 17.6. The number of aromatic nitrogens is 3. The fourth-order valence-electron chi connectivity index (χ4n) is 3.16. The molecule has 1 aliphatic heterocycles. The highest BCUT2D eigenvalue weighted by atomic mass is 32.1. The van der Waals surface area contributed by atoms with Gasteiger partial charge < -0.3 is 15.5 Å². The molecule has 152 valence electrons. The first-order chi connectivity index (χ1) is 13.7. The number of nitrogens with zero attached hydrogens (tertiary/aromatic N) is 6. The summed E-state index contributed by atoms with van der Waals surface area (Å²) in [4.78, 5) is 23.4. The van der Waals surface area contributed by atoms with Gasteiger partial charge in [0.25, 0.3) is 0 Å². The lowest BCUT2D eigenvalue weighted by atomic mass is 10.3. The molecule has 0 amide bonds. The number of anilines is 1. The second kappa shape index (κ2) is 10.9. The van der Waals surface area contributed by atoms with E-state index in [-0.39, 0.29) is 0 Å². The van der Waals surface area contributed by atoms with E-state index in [1.165, 1.54) is 9.88 Å². The van der Waals surface area contributed by atoms with Gasteiger partial charge in [-0.1, -0.05) is 0 Å². The predicted octanol–water partition coefficient (Wildman–Crippen LogP) is 1.16. The summed E-state index contributed by atoms with van der Waals surface area (Å²) in [6, 6.07) is 1.86. The lowest BCUT2D eigenvalue weighted by Gasteiger charge is -2.34. The third-order valence-corrected chi connectivity index (χ3v) is 5.65. The molecule has 0 atom stereocenters. The molecule has 1 aliphatic rings. The quantitative estimate of drug-likeness (QED) is 0.390. The van der Waals surface area contributed by atoms with E-state index in [1.54, 1.807) is 23.7 Å². The first-order valence-electron chi connectivity index (χ1n) is 9.85. The highest BCUT2D eigenvalue weighted by Gasteiger charge is 2.18. The Morgan fingerprint density at radius 2 is 1.86 bits per heavy atom. The summed E-state index contributed by atoms with van der Waals surface area (Å²) in [6.45, 7) is 9.01. The molecule has 1 saturated heterocycles. The first kappa shape index (κ1) is 20.5. The summed E-state index contributed by atoms with van der Waals surface area (Å²) in [6.07, 6.45) is 7.56. The molecule has 0 aliphatic carbocycles. The average Bonchev–Trinajstić information content (AvgIpc) is 3.16. The topological polar surface area (TPSA) is 81.6 Å². The van der Waals surface area contributed by atoms with E-state index < -0.39 is 0 Å². The molecule has 1 fully saturated rings. The molecule has 0 saturated carbocycles. The van der Waals surface area contributed by atoms with Crippen molar-refractivity contribution < 1.29 is 0 Å². The summed E-state index contributed by atoms with van der Waals surface area (Å²) >= 11 is 1.75. The van der Waals surface area contributed by atoms with Gasteiger partial charge in [0.1, 0.15) is 0 Å². The molecule has 3 rings (SSSR count). The van der Waals surface area contributed by atoms with E-state index in [0.717, 1.165) is 70.6 Å². The van der Waals surface area contributed by atoms with Crippen molar-refractivity contribution in [2.24, 2.45) is 4.99 Å². The smallest absolute Gasteiger partial charge is 0.225 e. The summed E-state index contributed by atoms with van der Waals surface area (Å²) in [5, 5.41) is 7.93. The SMILES string of the molecule is CN=C(NCCCN1CCN(c2ncccn2)CC1)NCCc1ncc(C)s1. The Morgan fingerprint density at radius 1 is 1.11 bits per heavy atom. The Morgan fingerprint density at radius 3 is 2.54 bits per heavy atom. The van der Waals surface area contributed by atoms with E-state index in [2.05, 4.69) is 47.3 Å². The van der Waals surface area contributed by atoms with Crippen molar-refractivity contribution in [1.82, 2.24) is 30.5 Å². The number of hydrogen-bond donors (Lipinski definition) is 2. The highest BCUT2D eigenvalue weighted by Crippen LogP contribution is 2.11. The van der Waals surface area contributed by atoms with Crippen molar-refractivity contribution in [1.29, 1.82) is 0 Å². The van der Waals surface area contributed by atoms with Crippen LogP contribution in [0.4, 0.5) is 5.95 Å². The van der Waals surface area contributed by atoms with Crippen molar-refractivity contribution in [2.75, 3.05) is 57.8 Å². The number of thiazole rings is 1. The molecule has 0 aromatic carbocycles. The number of rotatable bonds is 8. The second-order valence-electron chi connectivity index (χ2n) is 6.77. The van der Waals surface area contributed by atoms with E-state index >= 15 is 0 Å². The molecular formula is C19H30N8S. The van der Waals surface area contributed by atoms with E-state index in [0.29, 0.717) is 0 Å². The lowest BCUT2D eigenvalue weighted by molar-refractivity contribution is 0.254. The van der Waals surface area contributed by atoms with E-state index in [1.807, 2.05) is 19.3 Å². The van der Waals surface area contributed by atoms with Crippen LogP contribution in [0.25, 0.3) is 0 Å². The number of hydrogen-bond acceptors (Lipinski definition) is 7. The van der Waals surface area contributed by atoms with Gasteiger partial charge in [-0.2, -0.15) is 0 Å². The maximum absolute atomic E-state index is 4.39. The van der Waals surface area contributed by atoms with Crippen LogP contribution in [0.2, 0.25) is 0 Å². The second-order valence-corrected chi connectivity index (χ2v) is 8.09. The van der Waals surface area contributed by atoms with Gasteiger partial charge in [0.2, 0.25) is 5.95 Å². The minimum absolute atomic E-state index is 0.839. The molecule has 28 heavy (non-hydrogen) atoms. The number of piperazine rings is 1. The molecule has 2 aromatic rings. The van der Waals surface area contributed by atoms with Gasteiger partial charge in [-0.25, -0.2) is 15.0 Å².